The highest BCUT2D eigenvalue weighted by atomic mass is 19.1. The highest BCUT2D eigenvalue weighted by Gasteiger charge is 2.15. The molecule has 1 N–H and O–H groups in total. The maximum atomic E-state index is 13.4. The zero-order valence-electron chi connectivity index (χ0n) is 7.50. The summed E-state index contributed by atoms with van der Waals surface area (Å²) in [7, 11) is 0. The van der Waals surface area contributed by atoms with Crippen LogP contribution in [0.15, 0.2) is 24.5 Å². The maximum Gasteiger partial charge on any atom is 0.222 e. The number of aromatic amines is 1. The highest BCUT2D eigenvalue weighted by Crippen LogP contribution is 2.24. The van der Waals surface area contributed by atoms with Gasteiger partial charge in [0.05, 0.1) is 16.8 Å². The van der Waals surface area contributed by atoms with Gasteiger partial charge in [-0.15, -0.1) is 0 Å². The first kappa shape index (κ1) is 9.51. The average Bonchev–Trinajstić information content (AvgIpc) is 2.60. The van der Waals surface area contributed by atoms with Gasteiger partial charge < -0.3 is 4.98 Å². The molecule has 0 aromatic carbocycles. The van der Waals surface area contributed by atoms with Gasteiger partial charge >= 0.3 is 0 Å². The molecule has 2 rings (SSSR count). The monoisotopic (exact) mass is 208 g/mol. The molecule has 0 atom stereocenters. The van der Waals surface area contributed by atoms with Gasteiger partial charge in [-0.2, -0.15) is 4.39 Å². The lowest BCUT2D eigenvalue weighted by Crippen LogP contribution is -1.90. The number of aldehydes is 1. The number of pyridine rings is 1. The molecule has 0 amide bonds. The van der Waals surface area contributed by atoms with Gasteiger partial charge in [-0.25, -0.2) is 9.37 Å². The fourth-order valence-electron chi connectivity index (χ4n) is 1.28. The van der Waals surface area contributed by atoms with E-state index in [9.17, 15) is 13.6 Å². The third-order valence-corrected chi connectivity index (χ3v) is 2.00. The second kappa shape index (κ2) is 3.61. The Balaban J connectivity index is 2.59. The van der Waals surface area contributed by atoms with Crippen LogP contribution in [0.3, 0.4) is 0 Å². The van der Waals surface area contributed by atoms with Crippen LogP contribution in [0.2, 0.25) is 0 Å². The van der Waals surface area contributed by atoms with Crippen LogP contribution in [0.5, 0.6) is 0 Å². The van der Waals surface area contributed by atoms with E-state index in [1.165, 1.54) is 24.5 Å². The molecule has 76 valence electrons. The second-order valence-corrected chi connectivity index (χ2v) is 2.89. The first-order chi connectivity index (χ1) is 7.24. The van der Waals surface area contributed by atoms with Crippen molar-refractivity contribution in [2.75, 3.05) is 0 Å². The van der Waals surface area contributed by atoms with Crippen molar-refractivity contribution in [1.29, 1.82) is 0 Å². The molecule has 2 aromatic heterocycles. The van der Waals surface area contributed by atoms with E-state index >= 15 is 0 Å². The Morgan fingerprint density at radius 1 is 1.40 bits per heavy atom. The Morgan fingerprint density at radius 3 is 2.80 bits per heavy atom. The minimum absolute atomic E-state index is 0.00287. The van der Waals surface area contributed by atoms with Crippen LogP contribution in [0, 0.1) is 11.8 Å². The quantitative estimate of drug-likeness (QED) is 0.607. The Labute approximate surface area is 83.8 Å². The van der Waals surface area contributed by atoms with E-state index in [0.29, 0.717) is 6.29 Å². The van der Waals surface area contributed by atoms with Crippen LogP contribution >= 0.6 is 0 Å². The van der Waals surface area contributed by atoms with Crippen LogP contribution < -0.4 is 0 Å². The lowest BCUT2D eigenvalue weighted by atomic mass is 10.2. The number of nitrogens with one attached hydrogen (secondary N) is 1. The predicted octanol–water partition coefficient (Wildman–Crippen LogP) is 2.17. The number of carbonyl (C=O) groups is 1. The summed E-state index contributed by atoms with van der Waals surface area (Å²) in [5.74, 6) is -1.55. The Hall–Kier alpha value is -2.04. The van der Waals surface area contributed by atoms with Gasteiger partial charge in [0.25, 0.3) is 0 Å². The number of hydrogen-bond acceptors (Lipinski definition) is 2. The van der Waals surface area contributed by atoms with E-state index in [0.717, 1.165) is 0 Å². The maximum absolute atomic E-state index is 13.4. The van der Waals surface area contributed by atoms with Gasteiger partial charge in [0, 0.05) is 12.4 Å². The van der Waals surface area contributed by atoms with Crippen LogP contribution in [0.4, 0.5) is 8.78 Å². The molecule has 0 saturated heterocycles. The first-order valence-corrected chi connectivity index (χ1v) is 4.17. The molecule has 5 heteroatoms. The second-order valence-electron chi connectivity index (χ2n) is 2.89. The molecule has 0 unspecified atom stereocenters. The van der Waals surface area contributed by atoms with Gasteiger partial charge in [0.2, 0.25) is 5.95 Å². The third-order valence-electron chi connectivity index (χ3n) is 2.00. The number of halogens is 2. The first-order valence-electron chi connectivity index (χ1n) is 4.17. The summed E-state index contributed by atoms with van der Waals surface area (Å²) >= 11 is 0. The van der Waals surface area contributed by atoms with Crippen molar-refractivity contribution in [3.05, 3.63) is 41.9 Å². The average molecular weight is 208 g/mol. The molecule has 0 aliphatic rings. The molecule has 0 radical (unpaired) electrons. The fraction of sp³-hybridized carbons (Fsp3) is 0. The fourth-order valence-corrected chi connectivity index (χ4v) is 1.28. The number of aromatic nitrogens is 2. The molecule has 0 aliphatic carbocycles. The summed E-state index contributed by atoms with van der Waals surface area (Å²) in [5.41, 5.74) is -0.195. The Kier molecular flexibility index (Phi) is 2.29. The molecular formula is C10H6F2N2O. The highest BCUT2D eigenvalue weighted by molar-refractivity contribution is 5.78. The lowest BCUT2D eigenvalue weighted by molar-refractivity contribution is 0.112. The van der Waals surface area contributed by atoms with Crippen molar-refractivity contribution in [3.63, 3.8) is 0 Å². The molecule has 3 nitrogen and oxygen atoms in total. The minimum Gasteiger partial charge on any atom is -0.358 e. The van der Waals surface area contributed by atoms with Gasteiger partial charge in [-0.05, 0) is 12.1 Å². The van der Waals surface area contributed by atoms with Crippen LogP contribution in [0.25, 0.3) is 11.3 Å². The van der Waals surface area contributed by atoms with Crippen molar-refractivity contribution in [2.45, 2.75) is 0 Å². The number of hydrogen-bond donors (Lipinski definition) is 1. The molecule has 2 heterocycles. The summed E-state index contributed by atoms with van der Waals surface area (Å²) in [6.45, 7) is 0. The molecule has 0 aliphatic heterocycles. The minimum atomic E-state index is -0.782. The van der Waals surface area contributed by atoms with Gasteiger partial charge in [0.1, 0.15) is 0 Å². The topological polar surface area (TPSA) is 45.8 Å². The molecule has 0 fully saturated rings. The SMILES string of the molecule is O=Cc1c[nH]c(-c2cccnc2F)c1F. The number of carbonyl (C=O) groups excluding carboxylic acids is 1. The van der Waals surface area contributed by atoms with Crippen molar-refractivity contribution in [2.24, 2.45) is 0 Å². The van der Waals surface area contributed by atoms with Crippen molar-refractivity contribution in [1.82, 2.24) is 9.97 Å². The Morgan fingerprint density at radius 2 is 2.20 bits per heavy atom. The van der Waals surface area contributed by atoms with Crippen molar-refractivity contribution >= 4 is 6.29 Å². The molecule has 2 aromatic rings. The zero-order chi connectivity index (χ0) is 10.8. The summed E-state index contributed by atoms with van der Waals surface area (Å²) in [4.78, 5) is 16.3. The molecule has 0 spiro atoms. The number of nitrogens with zero attached hydrogens (tertiary/aromatic N) is 1. The van der Waals surface area contributed by atoms with Crippen molar-refractivity contribution < 1.29 is 13.6 Å². The van der Waals surface area contributed by atoms with Crippen molar-refractivity contribution in [3.8, 4) is 11.3 Å². The number of rotatable bonds is 2. The standard InChI is InChI=1S/C10H6F2N2O/c11-8-6(5-15)4-14-9(8)7-2-1-3-13-10(7)12/h1-5,14H. The lowest BCUT2D eigenvalue weighted by Gasteiger charge is -1.98. The molecular weight excluding hydrogens is 202 g/mol. The Bertz CT molecular complexity index is 508. The molecule has 0 bridgehead atoms. The normalized spacial score (nSPS) is 10.3. The number of H-pyrrole nitrogens is 1. The largest absolute Gasteiger partial charge is 0.358 e. The van der Waals surface area contributed by atoms with Crippen LogP contribution in [0.1, 0.15) is 10.4 Å². The zero-order valence-corrected chi connectivity index (χ0v) is 7.50. The van der Waals surface area contributed by atoms with E-state index < -0.39 is 11.8 Å². The summed E-state index contributed by atoms with van der Waals surface area (Å²) in [6.07, 6.45) is 2.81. The van der Waals surface area contributed by atoms with Gasteiger partial charge in [0.15, 0.2) is 12.1 Å². The third kappa shape index (κ3) is 1.52. The van der Waals surface area contributed by atoms with E-state index in [4.69, 9.17) is 0 Å². The van der Waals surface area contributed by atoms with Gasteiger partial charge in [-0.1, -0.05) is 0 Å². The predicted molar refractivity (Wildman–Crippen MR) is 49.3 cm³/mol. The summed E-state index contributed by atoms with van der Waals surface area (Å²) in [6, 6.07) is 2.87. The van der Waals surface area contributed by atoms with E-state index in [1.807, 2.05) is 0 Å². The smallest absolute Gasteiger partial charge is 0.222 e. The summed E-state index contributed by atoms with van der Waals surface area (Å²) in [5, 5.41) is 0. The summed E-state index contributed by atoms with van der Waals surface area (Å²) < 4.78 is 26.6. The van der Waals surface area contributed by atoms with E-state index in [1.54, 1.807) is 0 Å². The van der Waals surface area contributed by atoms with E-state index in [-0.39, 0.29) is 16.8 Å². The molecule has 0 saturated carbocycles. The van der Waals surface area contributed by atoms with Crippen LogP contribution in [-0.2, 0) is 0 Å². The molecule has 15 heavy (non-hydrogen) atoms. The van der Waals surface area contributed by atoms with Crippen LogP contribution in [-0.4, -0.2) is 16.3 Å². The van der Waals surface area contributed by atoms with Gasteiger partial charge in [-0.3, -0.25) is 4.79 Å². The van der Waals surface area contributed by atoms with E-state index in [2.05, 4.69) is 9.97 Å².